The van der Waals surface area contributed by atoms with Gasteiger partial charge in [-0.05, 0) is 98.3 Å². The molecule has 0 radical (unpaired) electrons. The van der Waals surface area contributed by atoms with Gasteiger partial charge >= 0.3 is 12.2 Å². The van der Waals surface area contributed by atoms with Crippen LogP contribution in [0, 0.1) is 6.92 Å². The van der Waals surface area contributed by atoms with Gasteiger partial charge in [0.05, 0.1) is 11.7 Å². The molecule has 1 aliphatic heterocycles. The number of aromatic nitrogens is 2. The molecule has 12 nitrogen and oxygen atoms in total. The Morgan fingerprint density at radius 2 is 1.69 bits per heavy atom. The van der Waals surface area contributed by atoms with E-state index in [9.17, 15) is 14.4 Å². The van der Waals surface area contributed by atoms with Gasteiger partial charge in [0.1, 0.15) is 23.2 Å². The van der Waals surface area contributed by atoms with E-state index < -0.39 is 17.3 Å². The lowest BCUT2D eigenvalue weighted by Crippen LogP contribution is -2.40. The number of nitrogens with zero attached hydrogens (tertiary/aromatic N) is 4. The zero-order valence-electron chi connectivity index (χ0n) is 30.3. The summed E-state index contributed by atoms with van der Waals surface area (Å²) in [7, 11) is 0. The summed E-state index contributed by atoms with van der Waals surface area (Å²) in [5.41, 5.74) is 2.62. The third-order valence-corrected chi connectivity index (χ3v) is 7.81. The van der Waals surface area contributed by atoms with Crippen molar-refractivity contribution in [2.24, 2.45) is 4.99 Å². The third-order valence-electron chi connectivity index (χ3n) is 6.88. The van der Waals surface area contributed by atoms with E-state index >= 15 is 0 Å². The number of alkyl carbamates (subject to hydrolysis) is 1. The van der Waals surface area contributed by atoms with Crippen molar-refractivity contribution in [1.82, 2.24) is 20.6 Å². The number of amides is 3. The molecule has 14 heteroatoms. The molecule has 1 unspecified atom stereocenters. The molecule has 1 aliphatic carbocycles. The van der Waals surface area contributed by atoms with Crippen LogP contribution in [-0.2, 0) is 20.7 Å². The number of rotatable bonds is 9. The van der Waals surface area contributed by atoms with Crippen LogP contribution in [0.4, 0.5) is 26.8 Å². The summed E-state index contributed by atoms with van der Waals surface area (Å²) in [6, 6.07) is 4.55. The minimum absolute atomic E-state index is 0.0901. The second kappa shape index (κ2) is 19.7. The summed E-state index contributed by atoms with van der Waals surface area (Å²) in [5, 5.41) is 8.92. The van der Waals surface area contributed by atoms with Gasteiger partial charge in [0.15, 0.2) is 5.82 Å². The first-order valence-corrected chi connectivity index (χ1v) is 17.9. The smallest absolute Gasteiger partial charge is 0.413 e. The van der Waals surface area contributed by atoms with Gasteiger partial charge in [-0.25, -0.2) is 19.6 Å². The van der Waals surface area contributed by atoms with Crippen LogP contribution in [0.1, 0.15) is 98.8 Å². The first-order valence-electron chi connectivity index (χ1n) is 16.7. The van der Waals surface area contributed by atoms with E-state index in [0.29, 0.717) is 28.3 Å². The van der Waals surface area contributed by atoms with Gasteiger partial charge in [0.25, 0.3) is 0 Å². The van der Waals surface area contributed by atoms with Gasteiger partial charge in [-0.15, -0.1) is 0 Å². The summed E-state index contributed by atoms with van der Waals surface area (Å²) < 4.78 is 11.6. The highest BCUT2D eigenvalue weighted by molar-refractivity contribution is 9.10. The van der Waals surface area contributed by atoms with Crippen molar-refractivity contribution in [3.8, 4) is 0 Å². The van der Waals surface area contributed by atoms with Crippen LogP contribution < -0.4 is 20.9 Å². The van der Waals surface area contributed by atoms with E-state index in [0.717, 1.165) is 55.3 Å². The van der Waals surface area contributed by atoms with Crippen LogP contribution in [0.25, 0.3) is 0 Å². The van der Waals surface area contributed by atoms with Gasteiger partial charge in [0, 0.05) is 40.5 Å². The lowest BCUT2D eigenvalue weighted by molar-refractivity contribution is -0.109. The molecule has 49 heavy (non-hydrogen) atoms. The number of halogens is 2. The summed E-state index contributed by atoms with van der Waals surface area (Å²) in [5.74, 6) is 0.360. The maximum Gasteiger partial charge on any atom is 0.413 e. The number of unbranched alkanes of at least 4 members (excludes halogenated alkanes) is 1. The second-order valence-corrected chi connectivity index (χ2v) is 15.0. The largest absolute Gasteiger partial charge is 0.444 e. The SMILES string of the molecule is CCCC=Nc1c(C)ncnc1NC(=O)OC(C)(C)C.CCc1c(Br)cc(Cl)cc1N1CCC(NC(=O)OC(C)(C)C)C1.O=CNC1CC1. The van der Waals surface area contributed by atoms with E-state index in [1.807, 2.05) is 39.8 Å². The number of anilines is 2. The molecule has 1 aromatic carbocycles. The molecule has 4 rings (SSSR count). The van der Waals surface area contributed by atoms with Crippen LogP contribution >= 0.6 is 27.5 Å². The molecule has 2 aromatic rings. The Hall–Kier alpha value is -3.45. The molecular formula is C35H53BrClN7O5. The molecule has 2 heterocycles. The Bertz CT molecular complexity index is 1420. The summed E-state index contributed by atoms with van der Waals surface area (Å²) in [6.07, 6.45) is 9.09. The minimum atomic E-state index is -0.558. The first-order chi connectivity index (χ1) is 23.0. The van der Waals surface area contributed by atoms with E-state index in [1.165, 1.54) is 24.7 Å². The third kappa shape index (κ3) is 16.2. The predicted molar refractivity (Wildman–Crippen MR) is 200 cm³/mol. The highest BCUT2D eigenvalue weighted by Gasteiger charge is 2.28. The maximum absolute atomic E-state index is 11.9. The Morgan fingerprint density at radius 3 is 2.24 bits per heavy atom. The van der Waals surface area contributed by atoms with Gasteiger partial charge in [-0.3, -0.25) is 15.1 Å². The Kier molecular flexibility index (Phi) is 16.7. The summed E-state index contributed by atoms with van der Waals surface area (Å²) >= 11 is 9.80. The van der Waals surface area contributed by atoms with Crippen molar-refractivity contribution < 1.29 is 23.9 Å². The second-order valence-electron chi connectivity index (χ2n) is 13.8. The van der Waals surface area contributed by atoms with Crippen molar-refractivity contribution in [3.63, 3.8) is 0 Å². The lowest BCUT2D eigenvalue weighted by Gasteiger charge is -2.24. The monoisotopic (exact) mass is 765 g/mol. The number of benzene rings is 1. The van der Waals surface area contributed by atoms with E-state index in [-0.39, 0.29) is 12.1 Å². The molecular weight excluding hydrogens is 714 g/mol. The Morgan fingerprint density at radius 1 is 1.04 bits per heavy atom. The fourth-order valence-electron chi connectivity index (χ4n) is 4.54. The number of nitrogens with one attached hydrogen (secondary N) is 3. The molecule has 0 spiro atoms. The zero-order valence-corrected chi connectivity index (χ0v) is 32.6. The predicted octanol–water partition coefficient (Wildman–Crippen LogP) is 8.30. The quantitative estimate of drug-likeness (QED) is 0.171. The molecule has 3 amide bonds. The molecule has 0 bridgehead atoms. The van der Waals surface area contributed by atoms with E-state index in [4.69, 9.17) is 21.1 Å². The number of hydrogen-bond donors (Lipinski definition) is 3. The molecule has 2 aliphatic rings. The normalized spacial score (nSPS) is 15.7. The maximum atomic E-state index is 11.9. The molecule has 272 valence electrons. The number of carbonyl (C=O) groups excluding carboxylic acids is 3. The molecule has 2 fully saturated rings. The lowest BCUT2D eigenvalue weighted by atomic mass is 10.1. The fraction of sp³-hybridized carbons (Fsp3) is 0.600. The molecule has 1 saturated heterocycles. The van der Waals surface area contributed by atoms with Crippen LogP contribution in [0.2, 0.25) is 5.02 Å². The standard InChI is InChI=1S/C17H24BrClN2O2.C14H22N4O2.C4H7NO/c1-5-13-14(18)8-11(19)9-15(13)21-7-6-12(10-21)20-16(22)23-17(2,3)4;1-6-7-8-15-11-10(2)16-9-17-12(11)18-13(19)20-14(3,4)5;6-3-5-4-1-2-4/h8-9,12H,5-7,10H2,1-4H3,(H,20,22);8-9H,6-7H2,1-5H3,(H,16,17,18,19);3-4H,1-2H2,(H,5,6). The average Bonchev–Trinajstić information content (AvgIpc) is 3.68. The topological polar surface area (TPSA) is 147 Å². The van der Waals surface area contributed by atoms with Gasteiger partial charge in [-0.2, -0.15) is 0 Å². The number of hydrogen-bond acceptors (Lipinski definition) is 9. The fourth-order valence-corrected chi connectivity index (χ4v) is 5.61. The van der Waals surface area contributed by atoms with E-state index in [2.05, 4.69) is 65.6 Å². The highest BCUT2D eigenvalue weighted by atomic mass is 79.9. The minimum Gasteiger partial charge on any atom is -0.444 e. The average molecular weight is 767 g/mol. The number of ether oxygens (including phenoxy) is 2. The molecule has 3 N–H and O–H groups in total. The number of aliphatic imine (C=N–C) groups is 1. The van der Waals surface area contributed by atoms with Crippen LogP contribution in [0.15, 0.2) is 27.9 Å². The van der Waals surface area contributed by atoms with Crippen molar-refractivity contribution in [3.05, 3.63) is 39.2 Å². The number of carbonyl (C=O) groups is 3. The van der Waals surface area contributed by atoms with Crippen molar-refractivity contribution in [1.29, 1.82) is 0 Å². The van der Waals surface area contributed by atoms with Gasteiger partial charge in [0.2, 0.25) is 6.41 Å². The van der Waals surface area contributed by atoms with Crippen molar-refractivity contribution in [2.45, 2.75) is 124 Å². The molecule has 1 saturated carbocycles. The highest BCUT2D eigenvalue weighted by Crippen LogP contribution is 2.34. The Balaban J connectivity index is 0.000000292. The van der Waals surface area contributed by atoms with Crippen molar-refractivity contribution >= 4 is 69.5 Å². The molecule has 1 aromatic heterocycles. The van der Waals surface area contributed by atoms with Crippen LogP contribution in [0.5, 0.6) is 0 Å². The number of aryl methyl sites for hydroxylation is 1. The van der Waals surface area contributed by atoms with E-state index in [1.54, 1.807) is 27.0 Å². The van der Waals surface area contributed by atoms with Gasteiger partial charge < -0.3 is 25.0 Å². The van der Waals surface area contributed by atoms with Gasteiger partial charge in [-0.1, -0.05) is 47.8 Å². The summed E-state index contributed by atoms with van der Waals surface area (Å²) in [4.78, 5) is 48.0. The van der Waals surface area contributed by atoms with Crippen molar-refractivity contribution in [2.75, 3.05) is 23.3 Å². The van der Waals surface area contributed by atoms with Crippen LogP contribution in [0.3, 0.4) is 0 Å². The van der Waals surface area contributed by atoms with Crippen LogP contribution in [-0.4, -0.2) is 71.2 Å². The first kappa shape index (κ1) is 41.7. The summed E-state index contributed by atoms with van der Waals surface area (Å²) in [6.45, 7) is 18.7. The molecule has 1 atom stereocenters. The zero-order chi connectivity index (χ0) is 36.8. The Labute approximate surface area is 304 Å².